The number of fused-ring (bicyclic) bond motifs is 1. The first-order valence-electron chi connectivity index (χ1n) is 17.8. The van der Waals surface area contributed by atoms with E-state index in [4.69, 9.17) is 0 Å². The molecule has 0 spiro atoms. The van der Waals surface area contributed by atoms with Crippen LogP contribution < -0.4 is 21.3 Å². The van der Waals surface area contributed by atoms with Gasteiger partial charge in [-0.05, 0) is 54.8 Å². The van der Waals surface area contributed by atoms with Gasteiger partial charge in [0.2, 0.25) is 17.6 Å². The van der Waals surface area contributed by atoms with Crippen molar-refractivity contribution in [3.8, 4) is 0 Å². The molecule has 0 radical (unpaired) electrons. The van der Waals surface area contributed by atoms with Gasteiger partial charge in [-0.25, -0.2) is 13.2 Å². The number of carbonyl (C=O) groups is 5. The number of sulfone groups is 1. The van der Waals surface area contributed by atoms with E-state index in [9.17, 15) is 32.4 Å². The molecular weight excluding hydrogens is 634 g/mol. The Morgan fingerprint density at radius 2 is 1.67 bits per heavy atom. The molecule has 1 unspecified atom stereocenters. The number of nitrogens with one attached hydrogen (secondary N) is 4. The van der Waals surface area contributed by atoms with Crippen LogP contribution in [0.2, 0.25) is 0 Å². The fourth-order valence-corrected chi connectivity index (χ4v) is 10.9. The summed E-state index contributed by atoms with van der Waals surface area (Å²) in [6, 6.07) is -3.53. The molecule has 4 aliphatic rings. The molecule has 2 heterocycles. The van der Waals surface area contributed by atoms with Crippen molar-refractivity contribution in [1.29, 1.82) is 0 Å². The number of hydrogen-bond acceptors (Lipinski definition) is 7. The number of amides is 5. The molecule has 2 aliphatic carbocycles. The summed E-state index contributed by atoms with van der Waals surface area (Å²) in [6.45, 7) is 15.5. The van der Waals surface area contributed by atoms with Crippen LogP contribution in [0.1, 0.15) is 106 Å². The van der Waals surface area contributed by atoms with Crippen LogP contribution in [0.15, 0.2) is 12.7 Å². The summed E-state index contributed by atoms with van der Waals surface area (Å²) in [7, 11) is -3.39. The largest absolute Gasteiger partial charge is 0.346 e. The van der Waals surface area contributed by atoms with Crippen molar-refractivity contribution in [2.45, 2.75) is 135 Å². The van der Waals surface area contributed by atoms with E-state index in [-0.39, 0.29) is 36.0 Å². The van der Waals surface area contributed by atoms with Gasteiger partial charge in [0.1, 0.15) is 12.1 Å². The summed E-state index contributed by atoms with van der Waals surface area (Å²) in [6.07, 6.45) is 7.92. The zero-order valence-corrected chi connectivity index (χ0v) is 30.5. The van der Waals surface area contributed by atoms with E-state index in [1.165, 1.54) is 11.0 Å². The van der Waals surface area contributed by atoms with Crippen molar-refractivity contribution >= 4 is 39.4 Å². The molecule has 270 valence electrons. The lowest BCUT2D eigenvalue weighted by Gasteiger charge is -2.45. The Balaban J connectivity index is 1.56. The first kappa shape index (κ1) is 37.9. The smallest absolute Gasteiger partial charge is 0.315 e. The Morgan fingerprint density at radius 3 is 2.25 bits per heavy atom. The van der Waals surface area contributed by atoms with Gasteiger partial charge in [0, 0.05) is 13.1 Å². The lowest BCUT2D eigenvalue weighted by atomic mass is 9.77. The van der Waals surface area contributed by atoms with Gasteiger partial charge in [-0.15, -0.1) is 6.58 Å². The van der Waals surface area contributed by atoms with Gasteiger partial charge in [-0.3, -0.25) is 19.2 Å². The molecule has 4 fully saturated rings. The van der Waals surface area contributed by atoms with E-state index >= 15 is 0 Å². The standard InChI is InChI=1S/C35H57N5O7S/c1-8-15-23(27(41)30(43)36-19-9-2)37-29(42)26-25-22(34(25,6)7)21-40(26)31(44)28(33(3,4)5)38-32(45)39-35(17-12-10-13-18-35)24-16-11-14-20-48(24,46)47/h9,22-26,28H,2,8,10-21H2,1,3-7H3,(H,36,43)(H,37,42)(H2,38,39,45)/t22-,23-,24?,25-,26-,28+/m0/s1. The Labute approximate surface area is 286 Å². The van der Waals surface area contributed by atoms with Crippen LogP contribution in [0.5, 0.6) is 0 Å². The normalized spacial score (nSPS) is 28.2. The van der Waals surface area contributed by atoms with E-state index in [2.05, 4.69) is 41.7 Å². The predicted molar refractivity (Wildman–Crippen MR) is 183 cm³/mol. The zero-order valence-electron chi connectivity index (χ0n) is 29.7. The molecule has 0 aromatic heterocycles. The van der Waals surface area contributed by atoms with Crippen LogP contribution in [0, 0.1) is 22.7 Å². The predicted octanol–water partition coefficient (Wildman–Crippen LogP) is 3.01. The third-order valence-electron chi connectivity index (χ3n) is 11.3. The Bertz CT molecular complexity index is 1380. The molecule has 0 aromatic rings. The van der Waals surface area contributed by atoms with Crippen molar-refractivity contribution in [3.05, 3.63) is 12.7 Å². The monoisotopic (exact) mass is 691 g/mol. The minimum Gasteiger partial charge on any atom is -0.346 e. The van der Waals surface area contributed by atoms with Gasteiger partial charge in [0.25, 0.3) is 5.91 Å². The number of carbonyl (C=O) groups excluding carboxylic acids is 5. The second-order valence-electron chi connectivity index (χ2n) is 16.1. The molecule has 48 heavy (non-hydrogen) atoms. The Morgan fingerprint density at radius 1 is 1.00 bits per heavy atom. The summed E-state index contributed by atoms with van der Waals surface area (Å²) in [5.74, 6) is -2.44. The van der Waals surface area contributed by atoms with E-state index in [1.54, 1.807) is 0 Å². The Hall–Kier alpha value is -2.96. The lowest BCUT2D eigenvalue weighted by molar-refractivity contribution is -0.145. The number of nitrogens with zero attached hydrogens (tertiary/aromatic N) is 1. The maximum Gasteiger partial charge on any atom is 0.315 e. The molecule has 2 aliphatic heterocycles. The number of piperidine rings is 1. The van der Waals surface area contributed by atoms with Crippen LogP contribution in [-0.2, 0) is 29.0 Å². The van der Waals surface area contributed by atoms with Crippen molar-refractivity contribution in [2.75, 3.05) is 18.8 Å². The molecule has 2 saturated carbocycles. The molecular formula is C35H57N5O7S. The molecule has 12 nitrogen and oxygen atoms in total. The van der Waals surface area contributed by atoms with Crippen LogP contribution in [-0.4, -0.2) is 90.6 Å². The third-order valence-corrected chi connectivity index (χ3v) is 13.7. The van der Waals surface area contributed by atoms with E-state index < -0.39 is 73.7 Å². The quantitative estimate of drug-likeness (QED) is 0.180. The van der Waals surface area contributed by atoms with Gasteiger partial charge in [0.05, 0.1) is 22.6 Å². The van der Waals surface area contributed by atoms with E-state index in [0.717, 1.165) is 25.7 Å². The van der Waals surface area contributed by atoms with Gasteiger partial charge in [-0.2, -0.15) is 0 Å². The number of ketones is 1. The number of rotatable bonds is 12. The van der Waals surface area contributed by atoms with Crippen LogP contribution in [0.25, 0.3) is 0 Å². The van der Waals surface area contributed by atoms with Gasteiger partial charge >= 0.3 is 6.03 Å². The number of Topliss-reactive ketones (excluding diaryl/α,β-unsaturated/α-hetero) is 1. The second-order valence-corrected chi connectivity index (χ2v) is 18.4. The topological polar surface area (TPSA) is 171 Å². The maximum absolute atomic E-state index is 14.4. The summed E-state index contributed by atoms with van der Waals surface area (Å²) >= 11 is 0. The highest BCUT2D eigenvalue weighted by atomic mass is 32.2. The van der Waals surface area contributed by atoms with Gasteiger partial charge in [0.15, 0.2) is 9.84 Å². The summed E-state index contributed by atoms with van der Waals surface area (Å²) in [5, 5.41) is 10.6. The summed E-state index contributed by atoms with van der Waals surface area (Å²) < 4.78 is 26.5. The SMILES string of the molecule is C=CCNC(=O)C(=O)[C@H](CCC)NC(=O)[C@@H]1[C@@H]2[C@H](CN1C(=O)[C@@H](NC(=O)NC1(C3CCCCS3(=O)=O)CCCCC1)C(C)(C)C)C2(C)C. The molecule has 6 atom stereocenters. The van der Waals surface area contributed by atoms with Crippen molar-refractivity contribution in [2.24, 2.45) is 22.7 Å². The fourth-order valence-electron chi connectivity index (χ4n) is 8.53. The van der Waals surface area contributed by atoms with Crippen molar-refractivity contribution in [1.82, 2.24) is 26.2 Å². The minimum atomic E-state index is -3.39. The second kappa shape index (κ2) is 14.5. The molecule has 0 aromatic carbocycles. The van der Waals surface area contributed by atoms with Crippen molar-refractivity contribution < 1.29 is 32.4 Å². The van der Waals surface area contributed by atoms with Crippen LogP contribution >= 0.6 is 0 Å². The van der Waals surface area contributed by atoms with Gasteiger partial charge < -0.3 is 26.2 Å². The van der Waals surface area contributed by atoms with E-state index in [0.29, 0.717) is 38.6 Å². The number of likely N-dealkylation sites (tertiary alicyclic amines) is 1. The average molecular weight is 692 g/mol. The maximum atomic E-state index is 14.4. The fraction of sp³-hybridized carbons (Fsp3) is 0.800. The first-order valence-corrected chi connectivity index (χ1v) is 19.5. The minimum absolute atomic E-state index is 0.0601. The third kappa shape index (κ3) is 7.75. The molecule has 2 saturated heterocycles. The zero-order chi connectivity index (χ0) is 35.7. The number of hydrogen-bond donors (Lipinski definition) is 4. The highest BCUT2D eigenvalue weighted by molar-refractivity contribution is 7.92. The van der Waals surface area contributed by atoms with Crippen molar-refractivity contribution in [3.63, 3.8) is 0 Å². The van der Waals surface area contributed by atoms with Gasteiger partial charge in [-0.1, -0.05) is 79.7 Å². The Kier molecular flexibility index (Phi) is 11.4. The molecule has 13 heteroatoms. The van der Waals surface area contributed by atoms with Crippen LogP contribution in [0.4, 0.5) is 4.79 Å². The summed E-state index contributed by atoms with van der Waals surface area (Å²) in [5.41, 5.74) is -1.85. The summed E-state index contributed by atoms with van der Waals surface area (Å²) in [4.78, 5) is 69.2. The van der Waals surface area contributed by atoms with E-state index in [1.807, 2.05) is 27.7 Å². The lowest BCUT2D eigenvalue weighted by Crippen LogP contribution is -2.66. The van der Waals surface area contributed by atoms with Crippen LogP contribution in [0.3, 0.4) is 0 Å². The highest BCUT2D eigenvalue weighted by Crippen LogP contribution is 2.65. The molecule has 4 rings (SSSR count). The molecule has 5 amide bonds. The molecule has 0 bridgehead atoms. The number of urea groups is 1. The average Bonchev–Trinajstić information content (AvgIpc) is 3.32. The highest BCUT2D eigenvalue weighted by Gasteiger charge is 2.70. The molecule has 4 N–H and O–H groups in total. The first-order chi connectivity index (χ1) is 22.4.